The zero-order valence-corrected chi connectivity index (χ0v) is 18.5. The Labute approximate surface area is 180 Å². The molecule has 2 aromatic rings. The fourth-order valence-corrected chi connectivity index (χ4v) is 3.35. The van der Waals surface area contributed by atoms with Gasteiger partial charge in [0, 0.05) is 37.6 Å². The first kappa shape index (κ1) is 22.5. The van der Waals surface area contributed by atoms with Gasteiger partial charge in [-0.3, -0.25) is 9.69 Å². The summed E-state index contributed by atoms with van der Waals surface area (Å²) in [5, 5.41) is 19.5. The second-order valence-corrected chi connectivity index (χ2v) is 8.58. The van der Waals surface area contributed by atoms with Crippen LogP contribution in [0.5, 0.6) is 0 Å². The van der Waals surface area contributed by atoms with Crippen LogP contribution in [0.4, 0.5) is 4.79 Å². The molecule has 0 bridgehead atoms. The lowest BCUT2D eigenvalue weighted by molar-refractivity contribution is 0.0156. The summed E-state index contributed by atoms with van der Waals surface area (Å²) in [6, 6.07) is 1.87. The molecular weight excluding hydrogens is 402 g/mol. The molecule has 11 heteroatoms. The standard InChI is InChI=1S/C20H29N7O4/c1-13-10-14(2)27-17(22-13)15(11-21-27)18(28)23-16(24-30)12-25-6-8-26(9-7-25)19(29)31-20(3,4)5/h10-11,30H,6-9,12H2,1-5H3,(H,23,24,28). The first-order valence-electron chi connectivity index (χ1n) is 10.1. The van der Waals surface area contributed by atoms with Gasteiger partial charge in [0.15, 0.2) is 11.5 Å². The van der Waals surface area contributed by atoms with Crippen LogP contribution in [0.3, 0.4) is 0 Å². The highest BCUT2D eigenvalue weighted by atomic mass is 16.6. The van der Waals surface area contributed by atoms with Crippen molar-refractivity contribution in [1.82, 2.24) is 29.7 Å². The van der Waals surface area contributed by atoms with E-state index < -0.39 is 11.5 Å². The second-order valence-electron chi connectivity index (χ2n) is 8.58. The Balaban J connectivity index is 1.58. The minimum Gasteiger partial charge on any atom is -0.444 e. The van der Waals surface area contributed by atoms with E-state index in [4.69, 9.17) is 4.74 Å². The fourth-order valence-electron chi connectivity index (χ4n) is 3.35. The number of carbonyl (C=O) groups is 2. The van der Waals surface area contributed by atoms with Crippen molar-refractivity contribution in [3.05, 3.63) is 29.2 Å². The predicted octanol–water partition coefficient (Wildman–Crippen LogP) is 1.42. The van der Waals surface area contributed by atoms with Crippen LogP contribution in [0.15, 0.2) is 17.4 Å². The normalized spacial score (nSPS) is 15.9. The number of aryl methyl sites for hydroxylation is 2. The van der Waals surface area contributed by atoms with Crippen molar-refractivity contribution >= 4 is 23.5 Å². The number of carbonyl (C=O) groups excluding carboxylic acids is 2. The number of piperazine rings is 1. The van der Waals surface area contributed by atoms with E-state index in [0.717, 1.165) is 11.4 Å². The van der Waals surface area contributed by atoms with Crippen LogP contribution in [-0.2, 0) is 4.74 Å². The maximum atomic E-state index is 12.7. The molecule has 2 amide bonds. The highest BCUT2D eigenvalue weighted by Gasteiger charge is 2.27. The van der Waals surface area contributed by atoms with Crippen LogP contribution in [0.2, 0.25) is 0 Å². The van der Waals surface area contributed by atoms with Crippen LogP contribution < -0.4 is 5.32 Å². The maximum Gasteiger partial charge on any atom is 0.410 e. The predicted molar refractivity (Wildman–Crippen MR) is 113 cm³/mol. The summed E-state index contributed by atoms with van der Waals surface area (Å²) in [7, 11) is 0. The topological polar surface area (TPSA) is 125 Å². The van der Waals surface area contributed by atoms with E-state index in [1.807, 2.05) is 45.6 Å². The number of rotatable bonds is 3. The van der Waals surface area contributed by atoms with E-state index in [9.17, 15) is 14.8 Å². The van der Waals surface area contributed by atoms with E-state index in [0.29, 0.717) is 37.4 Å². The van der Waals surface area contributed by atoms with Gasteiger partial charge in [-0.15, -0.1) is 0 Å². The van der Waals surface area contributed by atoms with Crippen molar-refractivity contribution in [3.63, 3.8) is 0 Å². The molecule has 0 saturated carbocycles. The maximum absolute atomic E-state index is 12.7. The van der Waals surface area contributed by atoms with Gasteiger partial charge in [-0.1, -0.05) is 5.16 Å². The quantitative estimate of drug-likeness (QED) is 0.326. The van der Waals surface area contributed by atoms with Gasteiger partial charge in [0.1, 0.15) is 11.2 Å². The van der Waals surface area contributed by atoms with Gasteiger partial charge >= 0.3 is 6.09 Å². The molecule has 1 fully saturated rings. The van der Waals surface area contributed by atoms with E-state index in [-0.39, 0.29) is 18.5 Å². The molecule has 0 atom stereocenters. The van der Waals surface area contributed by atoms with Crippen LogP contribution in [0.1, 0.15) is 42.5 Å². The third-order valence-corrected chi connectivity index (χ3v) is 4.80. The SMILES string of the molecule is Cc1cc(C)n2ncc(C(=O)NC(CN3CCN(C(=O)OC(C)(C)C)CC3)=NO)c2n1. The van der Waals surface area contributed by atoms with Gasteiger partial charge in [-0.25, -0.2) is 14.3 Å². The molecule has 168 valence electrons. The van der Waals surface area contributed by atoms with Crippen LogP contribution in [0, 0.1) is 13.8 Å². The Hall–Kier alpha value is -3.21. The molecular formula is C20H29N7O4. The van der Waals surface area contributed by atoms with Gasteiger partial charge in [-0.05, 0) is 40.7 Å². The third kappa shape index (κ3) is 5.48. The number of hydrogen-bond donors (Lipinski definition) is 2. The zero-order valence-electron chi connectivity index (χ0n) is 18.5. The Kier molecular flexibility index (Phi) is 6.44. The van der Waals surface area contributed by atoms with E-state index in [1.165, 1.54) is 6.20 Å². The first-order chi connectivity index (χ1) is 14.6. The van der Waals surface area contributed by atoms with Crippen LogP contribution in [-0.4, -0.2) is 85.8 Å². The molecule has 2 N–H and O–H groups in total. The average molecular weight is 431 g/mol. The lowest BCUT2D eigenvalue weighted by atomic mass is 10.2. The van der Waals surface area contributed by atoms with Crippen molar-refractivity contribution in [2.45, 2.75) is 40.2 Å². The average Bonchev–Trinajstić information content (AvgIpc) is 3.10. The number of oxime groups is 1. The molecule has 0 aliphatic carbocycles. The minimum absolute atomic E-state index is 0.111. The third-order valence-electron chi connectivity index (χ3n) is 4.80. The second kappa shape index (κ2) is 8.88. The summed E-state index contributed by atoms with van der Waals surface area (Å²) in [6.07, 6.45) is 1.10. The molecule has 3 rings (SSSR count). The van der Waals surface area contributed by atoms with Crippen molar-refractivity contribution in [1.29, 1.82) is 0 Å². The van der Waals surface area contributed by atoms with Crippen molar-refractivity contribution in [3.8, 4) is 0 Å². The largest absolute Gasteiger partial charge is 0.444 e. The molecule has 11 nitrogen and oxygen atoms in total. The lowest BCUT2D eigenvalue weighted by Crippen LogP contribution is -2.52. The summed E-state index contributed by atoms with van der Waals surface area (Å²) in [5.74, 6) is -0.341. The summed E-state index contributed by atoms with van der Waals surface area (Å²) in [4.78, 5) is 32.9. The number of nitrogens with zero attached hydrogens (tertiary/aromatic N) is 6. The number of nitrogens with one attached hydrogen (secondary N) is 1. The molecule has 0 spiro atoms. The van der Waals surface area contributed by atoms with Crippen LogP contribution in [0.25, 0.3) is 5.65 Å². The Morgan fingerprint density at radius 3 is 2.52 bits per heavy atom. The molecule has 0 unspecified atom stereocenters. The molecule has 3 heterocycles. The van der Waals surface area contributed by atoms with Crippen molar-refractivity contribution in [2.24, 2.45) is 5.16 Å². The number of fused-ring (bicyclic) bond motifs is 1. The number of ether oxygens (including phenoxy) is 1. The van der Waals surface area contributed by atoms with E-state index >= 15 is 0 Å². The molecule has 1 aliphatic rings. The Morgan fingerprint density at radius 1 is 1.23 bits per heavy atom. The number of hydrogen-bond acceptors (Lipinski definition) is 8. The fraction of sp³-hybridized carbons (Fsp3) is 0.550. The molecule has 0 aromatic carbocycles. The van der Waals surface area contributed by atoms with Gasteiger partial charge < -0.3 is 20.2 Å². The zero-order chi connectivity index (χ0) is 22.8. The summed E-state index contributed by atoms with van der Waals surface area (Å²) < 4.78 is 6.99. The molecule has 1 aliphatic heterocycles. The minimum atomic E-state index is -0.542. The Bertz CT molecular complexity index is 1000. The van der Waals surface area contributed by atoms with Gasteiger partial charge in [-0.2, -0.15) is 5.10 Å². The summed E-state index contributed by atoms with van der Waals surface area (Å²) >= 11 is 0. The van der Waals surface area contributed by atoms with Gasteiger partial charge in [0.05, 0.1) is 12.7 Å². The van der Waals surface area contributed by atoms with E-state index in [2.05, 4.69) is 20.6 Å². The molecule has 1 saturated heterocycles. The smallest absolute Gasteiger partial charge is 0.410 e. The lowest BCUT2D eigenvalue weighted by Gasteiger charge is -2.35. The Morgan fingerprint density at radius 2 is 1.90 bits per heavy atom. The number of amidine groups is 1. The van der Waals surface area contributed by atoms with Gasteiger partial charge in [0.2, 0.25) is 0 Å². The first-order valence-corrected chi connectivity index (χ1v) is 10.1. The highest BCUT2D eigenvalue weighted by molar-refractivity contribution is 6.09. The van der Waals surface area contributed by atoms with E-state index in [1.54, 1.807) is 9.42 Å². The van der Waals surface area contributed by atoms with Crippen molar-refractivity contribution in [2.75, 3.05) is 32.7 Å². The summed E-state index contributed by atoms with van der Waals surface area (Å²) in [5.41, 5.74) is 1.83. The van der Waals surface area contributed by atoms with Crippen molar-refractivity contribution < 1.29 is 19.5 Å². The number of amides is 2. The molecule has 31 heavy (non-hydrogen) atoms. The molecule has 0 radical (unpaired) electrons. The molecule has 2 aromatic heterocycles. The monoisotopic (exact) mass is 431 g/mol. The highest BCUT2D eigenvalue weighted by Crippen LogP contribution is 2.13. The summed E-state index contributed by atoms with van der Waals surface area (Å²) in [6.45, 7) is 11.5. The number of aromatic nitrogens is 3. The van der Waals surface area contributed by atoms with Crippen LogP contribution >= 0.6 is 0 Å². The van der Waals surface area contributed by atoms with Gasteiger partial charge in [0.25, 0.3) is 5.91 Å².